The number of benzene rings is 1. The quantitative estimate of drug-likeness (QED) is 0.886. The first-order chi connectivity index (χ1) is 9.83. The van der Waals surface area contributed by atoms with Crippen LogP contribution in [0.3, 0.4) is 0 Å². The van der Waals surface area contributed by atoms with Gasteiger partial charge in [-0.15, -0.1) is 0 Å². The minimum absolute atomic E-state index is 0.157. The van der Waals surface area contributed by atoms with Crippen molar-refractivity contribution in [2.24, 2.45) is 5.92 Å². The first kappa shape index (κ1) is 13.6. The minimum atomic E-state index is 0.157. The van der Waals surface area contributed by atoms with Gasteiger partial charge in [0.25, 0.3) is 0 Å². The molecule has 1 atom stereocenters. The van der Waals surface area contributed by atoms with Crippen molar-refractivity contribution in [1.29, 1.82) is 0 Å². The van der Waals surface area contributed by atoms with Crippen LogP contribution in [0.5, 0.6) is 0 Å². The van der Waals surface area contributed by atoms with Crippen LogP contribution in [-0.2, 0) is 9.53 Å². The summed E-state index contributed by atoms with van der Waals surface area (Å²) in [5, 5.41) is 3.03. The molecule has 0 spiro atoms. The van der Waals surface area contributed by atoms with Gasteiger partial charge in [-0.05, 0) is 18.4 Å². The molecule has 1 amide bonds. The summed E-state index contributed by atoms with van der Waals surface area (Å²) in [5.74, 6) is 0.537. The molecule has 1 aliphatic carbocycles. The lowest BCUT2D eigenvalue weighted by molar-refractivity contribution is -0.122. The second-order valence-electron chi connectivity index (χ2n) is 5.64. The van der Waals surface area contributed by atoms with Crippen LogP contribution in [0.25, 0.3) is 0 Å². The van der Waals surface area contributed by atoms with Gasteiger partial charge in [0.15, 0.2) is 0 Å². The maximum absolute atomic E-state index is 11.6. The fourth-order valence-corrected chi connectivity index (χ4v) is 2.60. The largest absolute Gasteiger partial charge is 0.371 e. The van der Waals surface area contributed by atoms with E-state index in [0.29, 0.717) is 5.92 Å². The summed E-state index contributed by atoms with van der Waals surface area (Å²) in [6, 6.07) is 10.4. The highest BCUT2D eigenvalue weighted by Gasteiger charge is 2.29. The summed E-state index contributed by atoms with van der Waals surface area (Å²) in [5.41, 5.74) is 1.24. The molecule has 4 heteroatoms. The molecule has 108 valence electrons. The van der Waals surface area contributed by atoms with Crippen LogP contribution in [-0.4, -0.2) is 43.6 Å². The number of hydrogen-bond acceptors (Lipinski definition) is 3. The van der Waals surface area contributed by atoms with Gasteiger partial charge >= 0.3 is 0 Å². The van der Waals surface area contributed by atoms with Crippen LogP contribution in [0.2, 0.25) is 0 Å². The predicted octanol–water partition coefficient (Wildman–Crippen LogP) is 1.59. The van der Waals surface area contributed by atoms with E-state index in [4.69, 9.17) is 4.74 Å². The third kappa shape index (κ3) is 3.58. The highest BCUT2D eigenvalue weighted by atomic mass is 16.5. The van der Waals surface area contributed by atoms with Crippen molar-refractivity contribution in [3.63, 3.8) is 0 Å². The van der Waals surface area contributed by atoms with Gasteiger partial charge < -0.3 is 10.1 Å². The molecule has 1 aliphatic heterocycles. The summed E-state index contributed by atoms with van der Waals surface area (Å²) < 4.78 is 5.84. The highest BCUT2D eigenvalue weighted by molar-refractivity contribution is 5.80. The Morgan fingerprint density at radius 1 is 1.30 bits per heavy atom. The lowest BCUT2D eigenvalue weighted by Crippen LogP contribution is -2.42. The monoisotopic (exact) mass is 274 g/mol. The van der Waals surface area contributed by atoms with E-state index in [-0.39, 0.29) is 12.0 Å². The molecule has 1 aromatic carbocycles. The SMILES string of the molecule is O=C(NCCN1CCO[C@H](c2ccccc2)C1)C1CC1. The molecule has 1 saturated carbocycles. The van der Waals surface area contributed by atoms with E-state index in [9.17, 15) is 4.79 Å². The van der Waals surface area contributed by atoms with Crippen molar-refractivity contribution in [3.05, 3.63) is 35.9 Å². The third-order valence-electron chi connectivity index (χ3n) is 4.00. The van der Waals surface area contributed by atoms with Gasteiger partial charge in [0.05, 0.1) is 12.7 Å². The number of carbonyl (C=O) groups excluding carboxylic acids is 1. The van der Waals surface area contributed by atoms with Gasteiger partial charge in [-0.1, -0.05) is 30.3 Å². The molecule has 1 aromatic rings. The molecule has 2 aliphatic rings. The summed E-state index contributed by atoms with van der Waals surface area (Å²) >= 11 is 0. The second kappa shape index (κ2) is 6.37. The fraction of sp³-hybridized carbons (Fsp3) is 0.562. The zero-order chi connectivity index (χ0) is 13.8. The minimum Gasteiger partial charge on any atom is -0.371 e. The molecule has 0 radical (unpaired) electrons. The standard InChI is InChI=1S/C16H22N2O2/c19-16(14-6-7-14)17-8-9-18-10-11-20-15(12-18)13-4-2-1-3-5-13/h1-5,14-15H,6-12H2,(H,17,19)/t15-/m0/s1. The average Bonchev–Trinajstić information content (AvgIpc) is 3.33. The molecule has 2 fully saturated rings. The van der Waals surface area contributed by atoms with Gasteiger partial charge in [0.2, 0.25) is 5.91 Å². The normalized spacial score (nSPS) is 23.5. The van der Waals surface area contributed by atoms with Crippen molar-refractivity contribution < 1.29 is 9.53 Å². The van der Waals surface area contributed by atoms with Crippen LogP contribution < -0.4 is 5.32 Å². The van der Waals surface area contributed by atoms with Crippen molar-refractivity contribution in [2.75, 3.05) is 32.8 Å². The van der Waals surface area contributed by atoms with Crippen molar-refractivity contribution in [1.82, 2.24) is 10.2 Å². The zero-order valence-electron chi connectivity index (χ0n) is 11.8. The number of carbonyl (C=O) groups is 1. The van der Waals surface area contributed by atoms with E-state index in [0.717, 1.165) is 45.6 Å². The molecule has 0 aromatic heterocycles. The van der Waals surface area contributed by atoms with Gasteiger partial charge in [-0.2, -0.15) is 0 Å². The van der Waals surface area contributed by atoms with Crippen LogP contribution in [0.4, 0.5) is 0 Å². The zero-order valence-corrected chi connectivity index (χ0v) is 11.8. The van der Waals surface area contributed by atoms with E-state index < -0.39 is 0 Å². The highest BCUT2D eigenvalue weighted by Crippen LogP contribution is 2.28. The molecular formula is C16H22N2O2. The summed E-state index contributed by atoms with van der Waals surface area (Å²) in [7, 11) is 0. The Balaban J connectivity index is 1.44. The van der Waals surface area contributed by atoms with Gasteiger partial charge in [0.1, 0.15) is 0 Å². The number of amides is 1. The van der Waals surface area contributed by atoms with E-state index in [1.807, 2.05) is 18.2 Å². The topological polar surface area (TPSA) is 41.6 Å². The van der Waals surface area contributed by atoms with Gasteiger partial charge in [-0.3, -0.25) is 9.69 Å². The number of ether oxygens (including phenoxy) is 1. The molecule has 1 N–H and O–H groups in total. The predicted molar refractivity (Wildman–Crippen MR) is 77.3 cm³/mol. The van der Waals surface area contributed by atoms with E-state index >= 15 is 0 Å². The van der Waals surface area contributed by atoms with Crippen LogP contribution >= 0.6 is 0 Å². The third-order valence-corrected chi connectivity index (χ3v) is 4.00. The maximum atomic E-state index is 11.6. The Morgan fingerprint density at radius 2 is 2.10 bits per heavy atom. The van der Waals surface area contributed by atoms with E-state index in [2.05, 4.69) is 22.3 Å². The molecule has 4 nitrogen and oxygen atoms in total. The first-order valence-electron chi connectivity index (χ1n) is 7.49. The van der Waals surface area contributed by atoms with Crippen LogP contribution in [0.15, 0.2) is 30.3 Å². The average molecular weight is 274 g/mol. The summed E-state index contributed by atoms with van der Waals surface area (Å²) in [4.78, 5) is 13.9. The maximum Gasteiger partial charge on any atom is 0.223 e. The van der Waals surface area contributed by atoms with Gasteiger partial charge in [-0.25, -0.2) is 0 Å². The lowest BCUT2D eigenvalue weighted by Gasteiger charge is -2.33. The van der Waals surface area contributed by atoms with Crippen LogP contribution in [0, 0.1) is 5.92 Å². The first-order valence-corrected chi connectivity index (χ1v) is 7.49. The number of rotatable bonds is 5. The number of hydrogen-bond donors (Lipinski definition) is 1. The Bertz CT molecular complexity index is 445. The molecule has 1 heterocycles. The molecule has 0 bridgehead atoms. The van der Waals surface area contributed by atoms with Crippen LogP contribution in [0.1, 0.15) is 24.5 Å². The number of morpholine rings is 1. The Labute approximate surface area is 120 Å². The Morgan fingerprint density at radius 3 is 2.85 bits per heavy atom. The van der Waals surface area contributed by atoms with E-state index in [1.165, 1.54) is 5.56 Å². The lowest BCUT2D eigenvalue weighted by atomic mass is 10.1. The Hall–Kier alpha value is -1.39. The van der Waals surface area contributed by atoms with Crippen molar-refractivity contribution in [3.8, 4) is 0 Å². The van der Waals surface area contributed by atoms with Gasteiger partial charge in [0, 0.05) is 32.1 Å². The number of nitrogens with one attached hydrogen (secondary N) is 1. The summed E-state index contributed by atoms with van der Waals surface area (Å²) in [6.07, 6.45) is 2.29. The van der Waals surface area contributed by atoms with E-state index in [1.54, 1.807) is 0 Å². The van der Waals surface area contributed by atoms with Crippen molar-refractivity contribution in [2.45, 2.75) is 18.9 Å². The molecular weight excluding hydrogens is 252 g/mol. The fourth-order valence-electron chi connectivity index (χ4n) is 2.60. The molecule has 20 heavy (non-hydrogen) atoms. The smallest absolute Gasteiger partial charge is 0.223 e. The molecule has 3 rings (SSSR count). The molecule has 0 unspecified atom stereocenters. The second-order valence-corrected chi connectivity index (χ2v) is 5.64. The summed E-state index contributed by atoms with van der Waals surface area (Å²) in [6.45, 7) is 4.27. The molecule has 1 saturated heterocycles. The van der Waals surface area contributed by atoms with Crippen molar-refractivity contribution >= 4 is 5.91 Å². The number of nitrogens with zero attached hydrogens (tertiary/aromatic N) is 1. The Kier molecular flexibility index (Phi) is 4.33.